The van der Waals surface area contributed by atoms with Crippen molar-refractivity contribution in [3.8, 4) is 28.5 Å². The van der Waals surface area contributed by atoms with Crippen molar-refractivity contribution in [1.29, 1.82) is 0 Å². The highest BCUT2D eigenvalue weighted by molar-refractivity contribution is 9.10. The Morgan fingerprint density at radius 2 is 2.11 bits per heavy atom. The van der Waals surface area contributed by atoms with Crippen molar-refractivity contribution in [3.63, 3.8) is 0 Å². The van der Waals surface area contributed by atoms with E-state index in [1.807, 2.05) is 24.3 Å². The lowest BCUT2D eigenvalue weighted by Crippen LogP contribution is -2.31. The zero-order valence-corrected chi connectivity index (χ0v) is 15.9. The Bertz CT molecular complexity index is 1000. The van der Waals surface area contributed by atoms with Crippen molar-refractivity contribution in [3.05, 3.63) is 52.3 Å². The summed E-state index contributed by atoms with van der Waals surface area (Å²) < 4.78 is 6.48. The number of nitrogens with zero attached hydrogens (tertiary/aromatic N) is 2. The summed E-state index contributed by atoms with van der Waals surface area (Å²) in [6, 6.07) is 9.16. The minimum Gasteiger partial charge on any atom is -0.490 e. The maximum absolute atomic E-state index is 12.0. The molecule has 2 aromatic heterocycles. The van der Waals surface area contributed by atoms with Gasteiger partial charge in [0.15, 0.2) is 5.82 Å². The number of ether oxygens (including phenoxy) is 1. The van der Waals surface area contributed by atoms with E-state index in [0.717, 1.165) is 22.3 Å². The third kappa shape index (κ3) is 3.58. The number of aromatic amines is 1. The summed E-state index contributed by atoms with van der Waals surface area (Å²) in [6.07, 6.45) is 2.44. The van der Waals surface area contributed by atoms with Crippen LogP contribution in [0.5, 0.6) is 5.75 Å². The number of aliphatic hydroxyl groups is 1. The van der Waals surface area contributed by atoms with Crippen LogP contribution in [0.3, 0.4) is 0 Å². The third-order valence-electron chi connectivity index (χ3n) is 4.27. The van der Waals surface area contributed by atoms with Crippen LogP contribution in [0.1, 0.15) is 16.1 Å². The summed E-state index contributed by atoms with van der Waals surface area (Å²) in [4.78, 5) is 24.3. The first kappa shape index (κ1) is 17.7. The van der Waals surface area contributed by atoms with Gasteiger partial charge in [-0.05, 0) is 30.3 Å². The Kier molecular flexibility index (Phi) is 4.91. The summed E-state index contributed by atoms with van der Waals surface area (Å²) in [5, 5.41) is 11.9. The minimum absolute atomic E-state index is 0.0697. The fraction of sp³-hybridized carbons (Fsp3) is 0.211. The fourth-order valence-electron chi connectivity index (χ4n) is 3.03. The van der Waals surface area contributed by atoms with Gasteiger partial charge in [0.05, 0.1) is 29.1 Å². The minimum atomic E-state index is -0.0769. The maximum Gasteiger partial charge on any atom is 0.253 e. The highest BCUT2D eigenvalue weighted by Gasteiger charge is 2.21. The molecule has 0 atom stereocenters. The molecule has 7 nitrogen and oxygen atoms in total. The fourth-order valence-corrected chi connectivity index (χ4v) is 3.39. The number of amides is 1. The number of nitrogens with one attached hydrogen (secondary N) is 2. The molecule has 0 bridgehead atoms. The van der Waals surface area contributed by atoms with Gasteiger partial charge >= 0.3 is 0 Å². The van der Waals surface area contributed by atoms with Crippen LogP contribution in [-0.2, 0) is 6.42 Å². The van der Waals surface area contributed by atoms with Crippen molar-refractivity contribution in [2.45, 2.75) is 6.42 Å². The molecule has 0 unspecified atom stereocenters. The van der Waals surface area contributed by atoms with E-state index in [1.54, 1.807) is 12.3 Å². The molecule has 3 aromatic rings. The molecule has 3 heterocycles. The van der Waals surface area contributed by atoms with Gasteiger partial charge in [-0.3, -0.25) is 4.79 Å². The van der Waals surface area contributed by atoms with Gasteiger partial charge in [-0.2, -0.15) is 0 Å². The summed E-state index contributed by atoms with van der Waals surface area (Å²) in [6.45, 7) is 0.740. The molecule has 0 aliphatic carbocycles. The Hall–Kier alpha value is -2.71. The lowest BCUT2D eigenvalue weighted by Gasteiger charge is -2.11. The molecule has 0 saturated carbocycles. The van der Waals surface area contributed by atoms with E-state index in [9.17, 15) is 4.79 Å². The van der Waals surface area contributed by atoms with Gasteiger partial charge in [0.1, 0.15) is 12.4 Å². The molecule has 1 aliphatic rings. The van der Waals surface area contributed by atoms with Crippen LogP contribution in [0.25, 0.3) is 22.8 Å². The third-order valence-corrected chi connectivity index (χ3v) is 4.76. The second-order valence-electron chi connectivity index (χ2n) is 6.06. The van der Waals surface area contributed by atoms with Crippen LogP contribution in [0, 0.1) is 0 Å². The van der Waals surface area contributed by atoms with E-state index < -0.39 is 0 Å². The lowest BCUT2D eigenvalue weighted by molar-refractivity contribution is 0.0946. The number of hydrogen-bond donors (Lipinski definition) is 3. The normalized spacial score (nSPS) is 13.2. The SMILES string of the molecule is O=C1NCCc2[nH]c(-c3ccnc(-c4cc(Br)ccc4OCCO)n3)cc21. The number of H-pyrrole nitrogens is 1. The number of fused-ring (bicyclic) bond motifs is 1. The molecule has 0 radical (unpaired) electrons. The average Bonchev–Trinajstić information content (AvgIpc) is 3.13. The molecule has 27 heavy (non-hydrogen) atoms. The first-order chi connectivity index (χ1) is 13.2. The summed E-state index contributed by atoms with van der Waals surface area (Å²) >= 11 is 3.46. The quantitative estimate of drug-likeness (QED) is 0.579. The van der Waals surface area contributed by atoms with E-state index in [1.165, 1.54) is 0 Å². The summed E-state index contributed by atoms with van der Waals surface area (Å²) in [7, 11) is 0. The standard InChI is InChI=1S/C19H17BrN4O3/c20-11-1-2-17(27-8-7-25)13(9-11)18-21-5-4-15(24-18)16-10-12-14(23-16)3-6-22-19(12)26/h1-2,4-5,9-10,23,25H,3,6-8H2,(H,22,26). The molecule has 3 N–H and O–H groups in total. The largest absolute Gasteiger partial charge is 0.490 e. The van der Waals surface area contributed by atoms with Crippen molar-refractivity contribution >= 4 is 21.8 Å². The first-order valence-electron chi connectivity index (χ1n) is 8.53. The van der Waals surface area contributed by atoms with Crippen LogP contribution in [0.4, 0.5) is 0 Å². The Morgan fingerprint density at radius 1 is 1.22 bits per heavy atom. The second-order valence-corrected chi connectivity index (χ2v) is 6.97. The Labute approximate surface area is 163 Å². The number of hydrogen-bond acceptors (Lipinski definition) is 5. The van der Waals surface area contributed by atoms with Crippen LogP contribution in [-0.4, -0.2) is 45.7 Å². The van der Waals surface area contributed by atoms with Crippen LogP contribution < -0.4 is 10.1 Å². The molecule has 0 spiro atoms. The van der Waals surface area contributed by atoms with Crippen molar-refractivity contribution in [1.82, 2.24) is 20.3 Å². The number of aromatic nitrogens is 3. The molecule has 0 saturated heterocycles. The number of rotatable bonds is 5. The van der Waals surface area contributed by atoms with E-state index in [-0.39, 0.29) is 19.1 Å². The maximum atomic E-state index is 12.0. The highest BCUT2D eigenvalue weighted by Crippen LogP contribution is 2.32. The number of carbonyl (C=O) groups is 1. The number of aliphatic hydroxyl groups excluding tert-OH is 1. The lowest BCUT2D eigenvalue weighted by atomic mass is 10.1. The van der Waals surface area contributed by atoms with Gasteiger partial charge in [-0.15, -0.1) is 0 Å². The van der Waals surface area contributed by atoms with Gasteiger partial charge < -0.3 is 20.1 Å². The Balaban J connectivity index is 1.74. The van der Waals surface area contributed by atoms with Gasteiger partial charge in [-0.1, -0.05) is 15.9 Å². The Morgan fingerprint density at radius 3 is 2.93 bits per heavy atom. The number of carbonyl (C=O) groups excluding carboxylic acids is 1. The van der Waals surface area contributed by atoms with Gasteiger partial charge in [0.25, 0.3) is 5.91 Å². The van der Waals surface area contributed by atoms with E-state index in [0.29, 0.717) is 34.9 Å². The number of halogens is 1. The average molecular weight is 429 g/mol. The van der Waals surface area contributed by atoms with Crippen molar-refractivity contribution < 1.29 is 14.6 Å². The zero-order valence-electron chi connectivity index (χ0n) is 14.3. The molecule has 138 valence electrons. The number of benzene rings is 1. The van der Waals surface area contributed by atoms with Crippen molar-refractivity contribution in [2.75, 3.05) is 19.8 Å². The van der Waals surface area contributed by atoms with Gasteiger partial charge in [0.2, 0.25) is 0 Å². The molecule has 1 aliphatic heterocycles. The molecule has 8 heteroatoms. The first-order valence-corrected chi connectivity index (χ1v) is 9.32. The van der Waals surface area contributed by atoms with Crippen molar-refractivity contribution in [2.24, 2.45) is 0 Å². The molecular weight excluding hydrogens is 412 g/mol. The van der Waals surface area contributed by atoms with E-state index >= 15 is 0 Å². The zero-order chi connectivity index (χ0) is 18.8. The molecular formula is C19H17BrN4O3. The molecule has 4 rings (SSSR count). The molecule has 1 aromatic carbocycles. The van der Waals surface area contributed by atoms with E-state index in [2.05, 4.69) is 36.2 Å². The highest BCUT2D eigenvalue weighted by atomic mass is 79.9. The monoisotopic (exact) mass is 428 g/mol. The van der Waals surface area contributed by atoms with E-state index in [4.69, 9.17) is 9.84 Å². The smallest absolute Gasteiger partial charge is 0.253 e. The predicted octanol–water partition coefficient (Wildman–Crippen LogP) is 2.56. The molecule has 1 amide bonds. The van der Waals surface area contributed by atoms with Crippen LogP contribution >= 0.6 is 15.9 Å². The van der Waals surface area contributed by atoms with Gasteiger partial charge in [-0.25, -0.2) is 9.97 Å². The summed E-state index contributed by atoms with van der Waals surface area (Å²) in [5.41, 5.74) is 3.76. The predicted molar refractivity (Wildman–Crippen MR) is 104 cm³/mol. The van der Waals surface area contributed by atoms with Crippen LogP contribution in [0.2, 0.25) is 0 Å². The van der Waals surface area contributed by atoms with Gasteiger partial charge in [0, 0.05) is 29.3 Å². The molecule has 0 fully saturated rings. The summed E-state index contributed by atoms with van der Waals surface area (Å²) in [5.74, 6) is 1.02. The van der Waals surface area contributed by atoms with Crippen LogP contribution in [0.15, 0.2) is 41.0 Å². The second kappa shape index (κ2) is 7.50. The topological polar surface area (TPSA) is 100 Å².